The molecule has 0 aromatic heterocycles. The fourth-order valence-corrected chi connectivity index (χ4v) is 2.87. The van der Waals surface area contributed by atoms with E-state index in [1.807, 2.05) is 11.8 Å². The van der Waals surface area contributed by atoms with Crippen molar-refractivity contribution >= 4 is 15.7 Å². The van der Waals surface area contributed by atoms with Gasteiger partial charge in [0.2, 0.25) is 0 Å². The summed E-state index contributed by atoms with van der Waals surface area (Å²) in [5, 5.41) is 7.74. The molecular weight excluding hydrogens is 200 g/mol. The second-order valence-corrected chi connectivity index (χ2v) is 5.99. The molecule has 0 aliphatic carbocycles. The maximum absolute atomic E-state index is 11.3. The monoisotopic (exact) mass is 218 g/mol. The summed E-state index contributed by atoms with van der Waals surface area (Å²) in [6, 6.07) is 0. The van der Waals surface area contributed by atoms with Crippen LogP contribution in [0.25, 0.3) is 0 Å². The van der Waals surface area contributed by atoms with Crippen molar-refractivity contribution in [2.45, 2.75) is 26.2 Å². The van der Waals surface area contributed by atoms with Crippen LogP contribution in [-0.4, -0.2) is 43.7 Å². The Hall–Kier alpha value is -0.580. The van der Waals surface area contributed by atoms with Gasteiger partial charge in [-0.3, -0.25) is 5.41 Å². The van der Waals surface area contributed by atoms with Crippen LogP contribution in [0.2, 0.25) is 0 Å². The van der Waals surface area contributed by atoms with Crippen molar-refractivity contribution in [1.82, 2.24) is 4.90 Å². The molecule has 1 saturated heterocycles. The normalized spacial score (nSPS) is 21.6. The average Bonchev–Trinajstić information content (AvgIpc) is 2.27. The summed E-state index contributed by atoms with van der Waals surface area (Å²) < 4.78 is 22.6. The lowest BCUT2D eigenvalue weighted by Gasteiger charge is -2.22. The van der Waals surface area contributed by atoms with Crippen LogP contribution in [0.3, 0.4) is 0 Å². The van der Waals surface area contributed by atoms with Crippen LogP contribution in [0.1, 0.15) is 26.2 Å². The lowest BCUT2D eigenvalue weighted by molar-refractivity contribution is 0.436. The summed E-state index contributed by atoms with van der Waals surface area (Å²) in [6.07, 6.45) is 2.36. The Morgan fingerprint density at radius 1 is 1.36 bits per heavy atom. The maximum atomic E-state index is 11.3. The molecule has 1 rings (SSSR count). The highest BCUT2D eigenvalue weighted by Crippen LogP contribution is 2.07. The molecule has 1 fully saturated rings. The molecule has 4 nitrogen and oxygen atoms in total. The molecule has 0 unspecified atom stereocenters. The van der Waals surface area contributed by atoms with Gasteiger partial charge in [0, 0.05) is 19.5 Å². The average molecular weight is 218 g/mol. The van der Waals surface area contributed by atoms with Gasteiger partial charge < -0.3 is 4.90 Å². The summed E-state index contributed by atoms with van der Waals surface area (Å²) in [7, 11) is -2.84. The fraction of sp³-hybridized carbons (Fsp3) is 0.889. The Balaban J connectivity index is 2.54. The van der Waals surface area contributed by atoms with Gasteiger partial charge in [-0.05, 0) is 12.8 Å². The number of nitrogens with zero attached hydrogens (tertiary/aromatic N) is 1. The van der Waals surface area contributed by atoms with Crippen molar-refractivity contribution < 1.29 is 8.42 Å². The first-order chi connectivity index (χ1) is 6.55. The van der Waals surface area contributed by atoms with Gasteiger partial charge in [0.05, 0.1) is 17.3 Å². The summed E-state index contributed by atoms with van der Waals surface area (Å²) in [5.74, 6) is 1.08. The van der Waals surface area contributed by atoms with Gasteiger partial charge >= 0.3 is 0 Å². The second-order valence-electron chi connectivity index (χ2n) is 3.69. The van der Waals surface area contributed by atoms with E-state index >= 15 is 0 Å². The van der Waals surface area contributed by atoms with E-state index in [1.165, 1.54) is 0 Å². The van der Waals surface area contributed by atoms with Gasteiger partial charge in [-0.2, -0.15) is 0 Å². The quantitative estimate of drug-likeness (QED) is 0.553. The van der Waals surface area contributed by atoms with Crippen LogP contribution in [0, 0.1) is 5.41 Å². The van der Waals surface area contributed by atoms with E-state index in [-0.39, 0.29) is 11.5 Å². The third-order valence-electron chi connectivity index (χ3n) is 2.42. The molecule has 14 heavy (non-hydrogen) atoms. The van der Waals surface area contributed by atoms with Gasteiger partial charge in [-0.1, -0.05) is 6.92 Å². The van der Waals surface area contributed by atoms with Gasteiger partial charge in [-0.15, -0.1) is 0 Å². The fourth-order valence-electron chi connectivity index (χ4n) is 1.60. The molecule has 5 heteroatoms. The summed E-state index contributed by atoms with van der Waals surface area (Å²) in [5.41, 5.74) is 0. The molecule has 0 atom stereocenters. The van der Waals surface area contributed by atoms with Crippen LogP contribution >= 0.6 is 0 Å². The molecule has 1 heterocycles. The molecule has 0 radical (unpaired) electrons. The molecule has 0 spiro atoms. The Morgan fingerprint density at radius 3 is 2.71 bits per heavy atom. The van der Waals surface area contributed by atoms with Crippen LogP contribution in [0.15, 0.2) is 0 Å². The van der Waals surface area contributed by atoms with Crippen molar-refractivity contribution in [3.8, 4) is 0 Å². The zero-order chi connectivity index (χ0) is 10.6. The van der Waals surface area contributed by atoms with Crippen LogP contribution in [0.4, 0.5) is 0 Å². The largest absolute Gasteiger partial charge is 0.360 e. The van der Waals surface area contributed by atoms with Crippen molar-refractivity contribution in [2.24, 2.45) is 0 Å². The van der Waals surface area contributed by atoms with E-state index in [0.717, 1.165) is 19.4 Å². The standard InChI is InChI=1S/C9H18N2O2S/c1-2-4-9(10)11-5-3-7-14(12,13)8-6-11/h10H,2-8H2,1H3. The first-order valence-electron chi connectivity index (χ1n) is 5.08. The summed E-state index contributed by atoms with van der Waals surface area (Å²) in [4.78, 5) is 1.90. The lowest BCUT2D eigenvalue weighted by atomic mass is 10.3. The van der Waals surface area contributed by atoms with E-state index in [4.69, 9.17) is 5.41 Å². The third-order valence-corrected chi connectivity index (χ3v) is 4.14. The number of nitrogens with one attached hydrogen (secondary N) is 1. The minimum atomic E-state index is -2.84. The highest BCUT2D eigenvalue weighted by Gasteiger charge is 2.19. The predicted octanol–water partition coefficient (Wildman–Crippen LogP) is 0.884. The highest BCUT2D eigenvalue weighted by molar-refractivity contribution is 7.91. The number of rotatable bonds is 2. The molecule has 82 valence electrons. The topological polar surface area (TPSA) is 61.2 Å². The molecule has 0 bridgehead atoms. The lowest BCUT2D eigenvalue weighted by Crippen LogP contribution is -2.32. The van der Waals surface area contributed by atoms with Gasteiger partial charge in [-0.25, -0.2) is 8.42 Å². The molecule has 0 saturated carbocycles. The molecule has 1 N–H and O–H groups in total. The SMILES string of the molecule is CCCC(=N)N1CCCS(=O)(=O)CC1. The van der Waals surface area contributed by atoms with Gasteiger partial charge in [0.25, 0.3) is 0 Å². The van der Waals surface area contributed by atoms with Gasteiger partial charge in [0.1, 0.15) is 0 Å². The zero-order valence-corrected chi connectivity index (χ0v) is 9.44. The third kappa shape index (κ3) is 3.29. The molecule has 0 amide bonds. The molecule has 0 aromatic carbocycles. The number of hydrogen-bond donors (Lipinski definition) is 1. The highest BCUT2D eigenvalue weighted by atomic mass is 32.2. The summed E-state index contributed by atoms with van der Waals surface area (Å²) >= 11 is 0. The minimum absolute atomic E-state index is 0.207. The van der Waals surface area contributed by atoms with Crippen LogP contribution < -0.4 is 0 Å². The Morgan fingerprint density at radius 2 is 2.07 bits per heavy atom. The van der Waals surface area contributed by atoms with E-state index in [2.05, 4.69) is 0 Å². The van der Waals surface area contributed by atoms with Crippen LogP contribution in [-0.2, 0) is 9.84 Å². The second kappa shape index (κ2) is 4.77. The number of amidine groups is 1. The van der Waals surface area contributed by atoms with E-state index in [1.54, 1.807) is 0 Å². The molecule has 1 aliphatic heterocycles. The van der Waals surface area contributed by atoms with E-state index < -0.39 is 9.84 Å². The smallest absolute Gasteiger partial charge is 0.152 e. The van der Waals surface area contributed by atoms with Gasteiger partial charge in [0.15, 0.2) is 9.84 Å². The predicted molar refractivity (Wildman–Crippen MR) is 57.5 cm³/mol. The van der Waals surface area contributed by atoms with Crippen LogP contribution in [0.5, 0.6) is 0 Å². The Labute approximate surface area is 85.7 Å². The number of sulfone groups is 1. The first kappa shape index (κ1) is 11.5. The van der Waals surface area contributed by atoms with Crippen molar-refractivity contribution in [3.63, 3.8) is 0 Å². The van der Waals surface area contributed by atoms with Crippen molar-refractivity contribution in [3.05, 3.63) is 0 Å². The Kier molecular flexibility index (Phi) is 3.92. The molecular formula is C9H18N2O2S. The summed E-state index contributed by atoms with van der Waals surface area (Å²) in [6.45, 7) is 3.25. The first-order valence-corrected chi connectivity index (χ1v) is 6.90. The maximum Gasteiger partial charge on any atom is 0.152 e. The van der Waals surface area contributed by atoms with Crippen molar-refractivity contribution in [1.29, 1.82) is 5.41 Å². The molecule has 1 aliphatic rings. The zero-order valence-electron chi connectivity index (χ0n) is 8.62. The molecule has 0 aromatic rings. The minimum Gasteiger partial charge on any atom is -0.360 e. The number of hydrogen-bond acceptors (Lipinski definition) is 3. The Bertz CT molecular complexity index is 298. The van der Waals surface area contributed by atoms with Crippen molar-refractivity contribution in [2.75, 3.05) is 24.6 Å². The van der Waals surface area contributed by atoms with E-state index in [0.29, 0.717) is 18.8 Å². The van der Waals surface area contributed by atoms with E-state index in [9.17, 15) is 8.42 Å².